The molecule has 0 saturated carbocycles. The summed E-state index contributed by atoms with van der Waals surface area (Å²) < 4.78 is 6.30. The second-order valence-corrected chi connectivity index (χ2v) is 7.98. The fraction of sp³-hybridized carbons (Fsp3) is 0.619. The maximum absolute atomic E-state index is 10.7. The van der Waals surface area contributed by atoms with Crippen molar-refractivity contribution in [3.8, 4) is 11.5 Å². The lowest BCUT2D eigenvalue weighted by molar-refractivity contribution is -0.00919. The summed E-state index contributed by atoms with van der Waals surface area (Å²) in [6.07, 6.45) is 6.89. The molecular weight excluding hydrogens is 300 g/mol. The summed E-state index contributed by atoms with van der Waals surface area (Å²) in [5.41, 5.74) is 2.67. The van der Waals surface area contributed by atoms with Gasteiger partial charge in [0.15, 0.2) is 0 Å². The van der Waals surface area contributed by atoms with Gasteiger partial charge >= 0.3 is 0 Å². The Morgan fingerprint density at radius 3 is 2.71 bits per heavy atom. The van der Waals surface area contributed by atoms with Gasteiger partial charge in [0.1, 0.15) is 17.1 Å². The van der Waals surface area contributed by atoms with Crippen LogP contribution in [0.3, 0.4) is 0 Å². The number of allylic oxidation sites excluding steroid dienone is 1. The van der Waals surface area contributed by atoms with Gasteiger partial charge in [-0.3, -0.25) is 0 Å². The number of benzene rings is 1. The van der Waals surface area contributed by atoms with Crippen LogP contribution in [0.5, 0.6) is 11.5 Å². The molecule has 2 aliphatic rings. The quantitative estimate of drug-likeness (QED) is 0.621. The largest absolute Gasteiger partial charge is 0.507 e. The Hall–Kier alpha value is -1.48. The first-order chi connectivity index (χ1) is 11.3. The molecule has 1 aliphatic carbocycles. The molecule has 1 aromatic rings. The van der Waals surface area contributed by atoms with Gasteiger partial charge < -0.3 is 14.9 Å². The number of hydrogen-bond acceptors (Lipinski definition) is 3. The highest BCUT2D eigenvalue weighted by atomic mass is 16.5. The van der Waals surface area contributed by atoms with E-state index in [-0.39, 0.29) is 17.4 Å². The molecule has 3 nitrogen and oxygen atoms in total. The van der Waals surface area contributed by atoms with E-state index < -0.39 is 6.10 Å². The van der Waals surface area contributed by atoms with Crippen LogP contribution < -0.4 is 4.74 Å². The zero-order valence-electron chi connectivity index (χ0n) is 15.3. The molecule has 0 saturated heterocycles. The fourth-order valence-electron chi connectivity index (χ4n) is 4.25. The van der Waals surface area contributed by atoms with E-state index in [0.29, 0.717) is 12.2 Å². The maximum Gasteiger partial charge on any atom is 0.127 e. The molecule has 2 N–H and O–H groups in total. The van der Waals surface area contributed by atoms with Gasteiger partial charge in [0.25, 0.3) is 0 Å². The minimum Gasteiger partial charge on any atom is -0.507 e. The Labute approximate surface area is 145 Å². The summed E-state index contributed by atoms with van der Waals surface area (Å²) in [4.78, 5) is 0. The van der Waals surface area contributed by atoms with Crippen molar-refractivity contribution in [2.75, 3.05) is 0 Å². The molecule has 1 heterocycles. The van der Waals surface area contributed by atoms with Crippen LogP contribution in [0.4, 0.5) is 0 Å². The molecule has 3 atom stereocenters. The fourth-order valence-corrected chi connectivity index (χ4v) is 4.25. The van der Waals surface area contributed by atoms with Crippen LogP contribution in [0, 0.1) is 5.92 Å². The van der Waals surface area contributed by atoms with Crippen LogP contribution in [0.25, 0.3) is 0 Å². The summed E-state index contributed by atoms with van der Waals surface area (Å²) in [5, 5.41) is 20.9. The van der Waals surface area contributed by atoms with Gasteiger partial charge in [0.2, 0.25) is 0 Å². The number of phenolic OH excluding ortho intramolecular Hbond substituents is 1. The van der Waals surface area contributed by atoms with Crippen molar-refractivity contribution in [3.63, 3.8) is 0 Å². The smallest absolute Gasteiger partial charge is 0.127 e. The minimum absolute atomic E-state index is 0.108. The maximum atomic E-state index is 10.7. The Bertz CT molecular complexity index is 645. The van der Waals surface area contributed by atoms with Crippen molar-refractivity contribution < 1.29 is 14.9 Å². The summed E-state index contributed by atoms with van der Waals surface area (Å²) in [6.45, 7) is 8.35. The van der Waals surface area contributed by atoms with E-state index in [1.54, 1.807) is 0 Å². The predicted octanol–water partition coefficient (Wildman–Crippen LogP) is 4.71. The molecule has 1 aliphatic heterocycles. The van der Waals surface area contributed by atoms with Crippen molar-refractivity contribution >= 4 is 0 Å². The Morgan fingerprint density at radius 1 is 1.25 bits per heavy atom. The lowest BCUT2D eigenvalue weighted by Crippen LogP contribution is -2.47. The number of phenols is 1. The summed E-state index contributed by atoms with van der Waals surface area (Å²) >= 11 is 0. The van der Waals surface area contributed by atoms with Crippen molar-refractivity contribution in [2.24, 2.45) is 5.92 Å². The van der Waals surface area contributed by atoms with Crippen LogP contribution in [-0.4, -0.2) is 21.9 Å². The van der Waals surface area contributed by atoms with E-state index in [1.807, 2.05) is 13.0 Å². The molecule has 1 aromatic carbocycles. The molecule has 0 spiro atoms. The van der Waals surface area contributed by atoms with E-state index in [0.717, 1.165) is 35.3 Å². The van der Waals surface area contributed by atoms with E-state index in [4.69, 9.17) is 4.74 Å². The zero-order valence-corrected chi connectivity index (χ0v) is 15.3. The normalized spacial score (nSPS) is 27.7. The molecule has 3 rings (SSSR count). The van der Waals surface area contributed by atoms with Gasteiger partial charge in [-0.05, 0) is 63.3 Å². The zero-order chi connectivity index (χ0) is 17.5. The molecule has 3 heteroatoms. The van der Waals surface area contributed by atoms with Gasteiger partial charge in [0.05, 0.1) is 6.10 Å². The number of aromatic hydroxyl groups is 1. The van der Waals surface area contributed by atoms with Crippen LogP contribution in [-0.2, 0) is 6.42 Å². The van der Waals surface area contributed by atoms with E-state index in [1.165, 1.54) is 12.8 Å². The monoisotopic (exact) mass is 330 g/mol. The Morgan fingerprint density at radius 2 is 2.00 bits per heavy atom. The summed E-state index contributed by atoms with van der Waals surface area (Å²) in [6, 6.07) is 4.01. The van der Waals surface area contributed by atoms with Gasteiger partial charge in [-0.15, -0.1) is 0 Å². The molecule has 132 valence electrons. The second-order valence-electron chi connectivity index (χ2n) is 7.98. The molecule has 24 heavy (non-hydrogen) atoms. The van der Waals surface area contributed by atoms with Gasteiger partial charge in [-0.25, -0.2) is 0 Å². The number of aliphatic hydroxyl groups excluding tert-OH is 1. The van der Waals surface area contributed by atoms with E-state index >= 15 is 0 Å². The molecule has 0 fully saturated rings. The first kappa shape index (κ1) is 17.3. The van der Waals surface area contributed by atoms with Gasteiger partial charge in [0, 0.05) is 17.4 Å². The SMILES string of the molecule is CCCCCc1cc(O)c2c(c1)OC(C)(C)[C@H]1C[C@@H](O)C(C)=C[C@H]21. The van der Waals surface area contributed by atoms with Crippen LogP contribution in [0.15, 0.2) is 23.8 Å². The number of rotatable bonds is 4. The van der Waals surface area contributed by atoms with Crippen LogP contribution in [0.1, 0.15) is 70.4 Å². The highest BCUT2D eigenvalue weighted by molar-refractivity contribution is 5.54. The Kier molecular flexibility index (Phi) is 4.65. The third kappa shape index (κ3) is 3.06. The van der Waals surface area contributed by atoms with Crippen LogP contribution in [0.2, 0.25) is 0 Å². The first-order valence-electron chi connectivity index (χ1n) is 9.24. The highest BCUT2D eigenvalue weighted by Gasteiger charge is 2.47. The summed E-state index contributed by atoms with van der Waals surface area (Å²) in [5.74, 6) is 1.43. The number of aliphatic hydroxyl groups is 1. The van der Waals surface area contributed by atoms with Crippen molar-refractivity contribution in [2.45, 2.75) is 77.4 Å². The van der Waals surface area contributed by atoms with E-state index in [9.17, 15) is 10.2 Å². The lowest BCUT2D eigenvalue weighted by atomic mass is 9.67. The Balaban J connectivity index is 2.00. The van der Waals surface area contributed by atoms with E-state index in [2.05, 4.69) is 32.9 Å². The van der Waals surface area contributed by atoms with Crippen molar-refractivity contribution in [3.05, 3.63) is 34.9 Å². The lowest BCUT2D eigenvalue weighted by Gasteiger charge is -2.47. The van der Waals surface area contributed by atoms with Gasteiger partial charge in [-0.1, -0.05) is 25.8 Å². The van der Waals surface area contributed by atoms with Gasteiger partial charge in [-0.2, -0.15) is 0 Å². The molecule has 0 aromatic heterocycles. The molecule has 0 unspecified atom stereocenters. The van der Waals surface area contributed by atoms with Crippen molar-refractivity contribution in [1.82, 2.24) is 0 Å². The molecule has 0 amide bonds. The second kappa shape index (κ2) is 6.44. The minimum atomic E-state index is -0.411. The number of ether oxygens (including phenoxy) is 1. The number of aryl methyl sites for hydroxylation is 1. The number of hydrogen-bond donors (Lipinski definition) is 2. The number of fused-ring (bicyclic) bond motifs is 3. The average molecular weight is 330 g/mol. The third-order valence-corrected chi connectivity index (χ3v) is 5.73. The van der Waals surface area contributed by atoms with Crippen LogP contribution >= 0.6 is 0 Å². The molecule has 0 bridgehead atoms. The molecule has 0 radical (unpaired) electrons. The summed E-state index contributed by atoms with van der Waals surface area (Å²) in [7, 11) is 0. The van der Waals surface area contributed by atoms with Crippen molar-refractivity contribution in [1.29, 1.82) is 0 Å². The average Bonchev–Trinajstić information content (AvgIpc) is 2.49. The third-order valence-electron chi connectivity index (χ3n) is 5.73. The topological polar surface area (TPSA) is 49.7 Å². The first-order valence-corrected chi connectivity index (χ1v) is 9.24. The molecular formula is C21H30O3. The predicted molar refractivity (Wildman–Crippen MR) is 96.7 cm³/mol. The highest BCUT2D eigenvalue weighted by Crippen LogP contribution is 2.53. The number of unbranched alkanes of at least 4 members (excludes halogenated alkanes) is 2. The standard InChI is InChI=1S/C21H30O3/c1-5-6-7-8-14-10-18(23)20-15-9-13(2)17(22)12-16(15)21(3,4)24-19(20)11-14/h9-11,15-17,22-23H,5-8,12H2,1-4H3/t15-,16-,17+/m0/s1.